The summed E-state index contributed by atoms with van der Waals surface area (Å²) >= 11 is 0. The summed E-state index contributed by atoms with van der Waals surface area (Å²) in [5, 5.41) is 3.55. The summed E-state index contributed by atoms with van der Waals surface area (Å²) in [6, 6.07) is 7.68. The molecule has 2 nitrogen and oxygen atoms in total. The number of carbonyl (C=O) groups excluding carboxylic acids is 1. The first-order valence-corrected chi connectivity index (χ1v) is 7.24. The molecule has 2 saturated heterocycles. The number of Topliss-reactive ketones (excluding diaryl/α,β-unsaturated/α-hetero) is 1. The zero-order valence-corrected chi connectivity index (χ0v) is 11.1. The molecule has 2 bridgehead atoms. The van der Waals surface area contributed by atoms with Crippen molar-refractivity contribution in [2.75, 3.05) is 0 Å². The Balaban J connectivity index is 1.54. The second-order valence-electron chi connectivity index (χ2n) is 5.90. The zero-order chi connectivity index (χ0) is 13.2. The van der Waals surface area contributed by atoms with E-state index in [1.165, 1.54) is 25.0 Å². The number of rotatable bonds is 4. The molecule has 0 amide bonds. The molecular formula is C16H20FNO. The highest BCUT2D eigenvalue weighted by molar-refractivity contribution is 5.81. The maximum absolute atomic E-state index is 13.1. The lowest BCUT2D eigenvalue weighted by molar-refractivity contribution is -0.124. The minimum atomic E-state index is -0.218. The Morgan fingerprint density at radius 3 is 2.68 bits per heavy atom. The lowest BCUT2D eigenvalue weighted by Crippen LogP contribution is -2.40. The van der Waals surface area contributed by atoms with Gasteiger partial charge in [0.2, 0.25) is 0 Å². The van der Waals surface area contributed by atoms with E-state index in [1.807, 2.05) is 6.07 Å². The maximum atomic E-state index is 13.1. The number of nitrogens with one attached hydrogen (secondary N) is 1. The van der Waals surface area contributed by atoms with Crippen molar-refractivity contribution in [3.63, 3.8) is 0 Å². The van der Waals surface area contributed by atoms with Gasteiger partial charge in [-0.05, 0) is 49.8 Å². The third-order valence-electron chi connectivity index (χ3n) is 4.48. The van der Waals surface area contributed by atoms with Crippen LogP contribution in [0.3, 0.4) is 0 Å². The fraction of sp³-hybridized carbons (Fsp3) is 0.562. The van der Waals surface area contributed by atoms with Gasteiger partial charge in [0, 0.05) is 24.4 Å². The van der Waals surface area contributed by atoms with Gasteiger partial charge in [-0.25, -0.2) is 4.39 Å². The van der Waals surface area contributed by atoms with Crippen LogP contribution in [0.25, 0.3) is 0 Å². The number of hydrogen-bond donors (Lipinski definition) is 1. The highest BCUT2D eigenvalue weighted by Gasteiger charge is 2.36. The average Bonchev–Trinajstić information content (AvgIpc) is 2.75. The molecule has 1 aromatic carbocycles. The molecule has 2 atom stereocenters. The van der Waals surface area contributed by atoms with Crippen LogP contribution in [-0.4, -0.2) is 17.9 Å². The van der Waals surface area contributed by atoms with Crippen molar-refractivity contribution in [3.8, 4) is 0 Å². The molecule has 2 aliphatic rings. The van der Waals surface area contributed by atoms with E-state index in [-0.39, 0.29) is 11.7 Å². The van der Waals surface area contributed by atoms with E-state index in [0.717, 1.165) is 18.4 Å². The number of carbonyl (C=O) groups is 1. The molecule has 2 unspecified atom stereocenters. The van der Waals surface area contributed by atoms with Crippen molar-refractivity contribution < 1.29 is 9.18 Å². The van der Waals surface area contributed by atoms with E-state index in [9.17, 15) is 9.18 Å². The Morgan fingerprint density at radius 1 is 1.26 bits per heavy atom. The van der Waals surface area contributed by atoms with E-state index in [4.69, 9.17) is 0 Å². The van der Waals surface area contributed by atoms with Gasteiger partial charge in [-0.3, -0.25) is 4.79 Å². The largest absolute Gasteiger partial charge is 0.311 e. The number of aryl methyl sites for hydroxylation is 1. The van der Waals surface area contributed by atoms with Crippen molar-refractivity contribution in [2.24, 2.45) is 5.92 Å². The van der Waals surface area contributed by atoms with Gasteiger partial charge >= 0.3 is 0 Å². The van der Waals surface area contributed by atoms with Crippen molar-refractivity contribution >= 4 is 5.78 Å². The normalized spacial score (nSPS) is 29.4. The van der Waals surface area contributed by atoms with Crippen molar-refractivity contribution in [1.82, 2.24) is 5.32 Å². The maximum Gasteiger partial charge on any atom is 0.136 e. The van der Waals surface area contributed by atoms with Crippen LogP contribution in [0.2, 0.25) is 0 Å². The van der Waals surface area contributed by atoms with Crippen LogP contribution >= 0.6 is 0 Å². The van der Waals surface area contributed by atoms with Crippen molar-refractivity contribution in [3.05, 3.63) is 35.6 Å². The van der Waals surface area contributed by atoms with Gasteiger partial charge in [-0.15, -0.1) is 0 Å². The van der Waals surface area contributed by atoms with Crippen LogP contribution in [0.15, 0.2) is 24.3 Å². The first-order valence-electron chi connectivity index (χ1n) is 7.24. The second-order valence-corrected chi connectivity index (χ2v) is 5.90. The molecule has 2 heterocycles. The molecule has 2 fully saturated rings. The van der Waals surface area contributed by atoms with E-state index >= 15 is 0 Å². The van der Waals surface area contributed by atoms with E-state index in [0.29, 0.717) is 30.7 Å². The summed E-state index contributed by atoms with van der Waals surface area (Å²) in [4.78, 5) is 12.3. The van der Waals surface area contributed by atoms with Gasteiger partial charge in [0.25, 0.3) is 0 Å². The average molecular weight is 261 g/mol. The van der Waals surface area contributed by atoms with Gasteiger partial charge in [0.05, 0.1) is 0 Å². The first-order chi connectivity index (χ1) is 9.20. The summed E-state index contributed by atoms with van der Waals surface area (Å²) in [5.41, 5.74) is 0.922. The summed E-state index contributed by atoms with van der Waals surface area (Å²) in [7, 11) is 0. The molecule has 3 rings (SSSR count). The molecular weight excluding hydrogens is 241 g/mol. The Hall–Kier alpha value is -1.22. The third-order valence-corrected chi connectivity index (χ3v) is 4.48. The van der Waals surface area contributed by atoms with E-state index in [1.54, 1.807) is 6.07 Å². The zero-order valence-electron chi connectivity index (χ0n) is 11.1. The molecule has 3 heteroatoms. The monoisotopic (exact) mass is 261 g/mol. The highest BCUT2D eigenvalue weighted by atomic mass is 19.1. The molecule has 0 radical (unpaired) electrons. The highest BCUT2D eigenvalue weighted by Crippen LogP contribution is 2.32. The SMILES string of the molecule is O=C(CCc1cccc(F)c1)C1CC2CCC(C1)N2. The van der Waals surface area contributed by atoms with Gasteiger partial charge in [0.1, 0.15) is 11.6 Å². The van der Waals surface area contributed by atoms with Crippen LogP contribution < -0.4 is 5.32 Å². The molecule has 2 aliphatic heterocycles. The Morgan fingerprint density at radius 2 is 2.00 bits per heavy atom. The predicted molar refractivity (Wildman–Crippen MR) is 72.4 cm³/mol. The smallest absolute Gasteiger partial charge is 0.136 e. The molecule has 0 spiro atoms. The number of hydrogen-bond acceptors (Lipinski definition) is 2. The second kappa shape index (κ2) is 5.41. The number of piperidine rings is 1. The fourth-order valence-corrected chi connectivity index (χ4v) is 3.48. The van der Waals surface area contributed by atoms with Crippen LogP contribution in [0.4, 0.5) is 4.39 Å². The molecule has 1 aromatic rings. The molecule has 102 valence electrons. The number of fused-ring (bicyclic) bond motifs is 2. The Kier molecular flexibility index (Phi) is 3.65. The molecule has 1 N–H and O–H groups in total. The summed E-state index contributed by atoms with van der Waals surface area (Å²) in [6.45, 7) is 0. The summed E-state index contributed by atoms with van der Waals surface area (Å²) < 4.78 is 13.1. The van der Waals surface area contributed by atoms with Crippen LogP contribution in [-0.2, 0) is 11.2 Å². The Bertz CT molecular complexity index is 462. The van der Waals surface area contributed by atoms with Gasteiger partial charge in [-0.1, -0.05) is 12.1 Å². The Labute approximate surface area is 113 Å². The molecule has 0 saturated carbocycles. The predicted octanol–water partition coefficient (Wildman–Crippen LogP) is 2.86. The third kappa shape index (κ3) is 3.03. The lowest BCUT2D eigenvalue weighted by atomic mass is 9.86. The number of halogens is 1. The first kappa shape index (κ1) is 12.8. The van der Waals surface area contributed by atoms with Crippen LogP contribution in [0.5, 0.6) is 0 Å². The quantitative estimate of drug-likeness (QED) is 0.903. The summed E-state index contributed by atoms with van der Waals surface area (Å²) in [5.74, 6) is 0.375. The summed E-state index contributed by atoms with van der Waals surface area (Å²) in [6.07, 6.45) is 5.65. The van der Waals surface area contributed by atoms with Crippen LogP contribution in [0.1, 0.15) is 37.7 Å². The van der Waals surface area contributed by atoms with Crippen molar-refractivity contribution in [1.29, 1.82) is 0 Å². The molecule has 0 aromatic heterocycles. The molecule has 0 aliphatic carbocycles. The fourth-order valence-electron chi connectivity index (χ4n) is 3.48. The standard InChI is InChI=1S/C16H20FNO/c17-13-3-1-2-11(8-13)4-7-16(19)12-9-14-5-6-15(10-12)18-14/h1-3,8,12,14-15,18H,4-7,9-10H2. The van der Waals surface area contributed by atoms with Gasteiger partial charge in [-0.2, -0.15) is 0 Å². The van der Waals surface area contributed by atoms with Crippen molar-refractivity contribution in [2.45, 2.75) is 50.6 Å². The van der Waals surface area contributed by atoms with Gasteiger partial charge in [0.15, 0.2) is 0 Å². The molecule has 19 heavy (non-hydrogen) atoms. The number of benzene rings is 1. The minimum Gasteiger partial charge on any atom is -0.311 e. The topological polar surface area (TPSA) is 29.1 Å². The van der Waals surface area contributed by atoms with E-state index < -0.39 is 0 Å². The van der Waals surface area contributed by atoms with Crippen LogP contribution in [0, 0.1) is 11.7 Å². The number of ketones is 1. The minimum absolute atomic E-state index is 0.218. The van der Waals surface area contributed by atoms with E-state index in [2.05, 4.69) is 5.32 Å². The lowest BCUT2D eigenvalue weighted by Gasteiger charge is -2.28. The van der Waals surface area contributed by atoms with Gasteiger partial charge < -0.3 is 5.32 Å².